The maximum absolute atomic E-state index is 12.2. The summed E-state index contributed by atoms with van der Waals surface area (Å²) in [5.74, 6) is 0.656. The second-order valence-corrected chi connectivity index (χ2v) is 7.06. The monoisotopic (exact) mass is 308 g/mol. The minimum absolute atomic E-state index is 0.105. The van der Waals surface area contributed by atoms with Gasteiger partial charge in [-0.3, -0.25) is 4.79 Å². The zero-order chi connectivity index (χ0) is 15.5. The zero-order valence-corrected chi connectivity index (χ0v) is 13.9. The van der Waals surface area contributed by atoms with E-state index in [1.54, 1.807) is 18.3 Å². The van der Waals surface area contributed by atoms with Gasteiger partial charge in [0.15, 0.2) is 0 Å². The van der Waals surface area contributed by atoms with E-state index in [9.17, 15) is 4.79 Å². The lowest BCUT2D eigenvalue weighted by atomic mass is 9.69. The standard InChI is InChI=1S/C17H25ClN2O/c1-4-17(2,3)12-7-9-13(10-8-12)20-16(21)14-6-5-11-19-15(14)18/h5-6,11-13H,4,7-10H2,1-3H3,(H,20,21). The molecule has 1 aromatic rings. The van der Waals surface area contributed by atoms with Gasteiger partial charge in [-0.05, 0) is 49.1 Å². The molecule has 1 aromatic heterocycles. The number of amides is 1. The lowest BCUT2D eigenvalue weighted by molar-refractivity contribution is 0.0893. The first-order valence-electron chi connectivity index (χ1n) is 7.85. The van der Waals surface area contributed by atoms with E-state index in [4.69, 9.17) is 11.6 Å². The summed E-state index contributed by atoms with van der Waals surface area (Å²) in [5.41, 5.74) is 0.872. The second-order valence-electron chi connectivity index (χ2n) is 6.71. The Morgan fingerprint density at radius 1 is 1.38 bits per heavy atom. The molecule has 21 heavy (non-hydrogen) atoms. The average Bonchev–Trinajstić information content (AvgIpc) is 2.48. The van der Waals surface area contributed by atoms with Crippen molar-refractivity contribution in [2.45, 2.75) is 58.9 Å². The molecule has 1 aliphatic carbocycles. The Morgan fingerprint density at radius 3 is 2.62 bits per heavy atom. The first-order chi connectivity index (χ1) is 9.94. The summed E-state index contributed by atoms with van der Waals surface area (Å²) >= 11 is 5.97. The molecular formula is C17H25ClN2O. The van der Waals surface area contributed by atoms with E-state index >= 15 is 0 Å². The van der Waals surface area contributed by atoms with Crippen molar-refractivity contribution in [2.24, 2.45) is 11.3 Å². The molecule has 1 amide bonds. The van der Waals surface area contributed by atoms with Crippen molar-refractivity contribution in [3.05, 3.63) is 29.0 Å². The lowest BCUT2D eigenvalue weighted by Gasteiger charge is -2.39. The number of halogens is 1. The molecule has 0 bridgehead atoms. The molecule has 0 atom stereocenters. The Bertz CT molecular complexity index is 493. The van der Waals surface area contributed by atoms with Crippen LogP contribution in [0.4, 0.5) is 0 Å². The predicted molar refractivity (Wildman–Crippen MR) is 86.5 cm³/mol. The molecule has 0 aromatic carbocycles. The average molecular weight is 309 g/mol. The van der Waals surface area contributed by atoms with Crippen molar-refractivity contribution in [3.63, 3.8) is 0 Å². The number of nitrogens with one attached hydrogen (secondary N) is 1. The number of carbonyl (C=O) groups is 1. The molecule has 1 N–H and O–H groups in total. The number of carbonyl (C=O) groups excluding carboxylic acids is 1. The van der Waals surface area contributed by atoms with Gasteiger partial charge in [0.1, 0.15) is 5.15 Å². The first-order valence-corrected chi connectivity index (χ1v) is 8.23. The highest BCUT2D eigenvalue weighted by Crippen LogP contribution is 2.40. The van der Waals surface area contributed by atoms with Gasteiger partial charge in [0, 0.05) is 12.2 Å². The number of hydrogen-bond acceptors (Lipinski definition) is 2. The highest BCUT2D eigenvalue weighted by atomic mass is 35.5. The minimum Gasteiger partial charge on any atom is -0.349 e. The fraction of sp³-hybridized carbons (Fsp3) is 0.647. The Kier molecular flexibility index (Phi) is 5.26. The quantitative estimate of drug-likeness (QED) is 0.834. The van der Waals surface area contributed by atoms with E-state index in [-0.39, 0.29) is 17.1 Å². The molecule has 0 spiro atoms. The van der Waals surface area contributed by atoms with E-state index in [1.807, 2.05) is 0 Å². The van der Waals surface area contributed by atoms with Gasteiger partial charge < -0.3 is 5.32 Å². The summed E-state index contributed by atoms with van der Waals surface area (Å²) in [4.78, 5) is 16.2. The van der Waals surface area contributed by atoms with Crippen molar-refractivity contribution in [3.8, 4) is 0 Å². The van der Waals surface area contributed by atoms with Gasteiger partial charge in [-0.1, -0.05) is 38.8 Å². The fourth-order valence-corrected chi connectivity index (χ4v) is 3.33. The summed E-state index contributed by atoms with van der Waals surface area (Å²) in [7, 11) is 0. The van der Waals surface area contributed by atoms with Gasteiger partial charge in [-0.2, -0.15) is 0 Å². The summed E-state index contributed by atoms with van der Waals surface area (Å²) in [5, 5.41) is 3.38. The van der Waals surface area contributed by atoms with Crippen LogP contribution in [0.15, 0.2) is 18.3 Å². The Morgan fingerprint density at radius 2 is 2.05 bits per heavy atom. The molecule has 0 aliphatic heterocycles. The number of hydrogen-bond donors (Lipinski definition) is 1. The van der Waals surface area contributed by atoms with Crippen LogP contribution in [0, 0.1) is 11.3 Å². The van der Waals surface area contributed by atoms with E-state index in [1.165, 1.54) is 19.3 Å². The molecule has 1 saturated carbocycles. The SMILES string of the molecule is CCC(C)(C)C1CCC(NC(=O)c2cccnc2Cl)CC1. The van der Waals surface area contributed by atoms with Gasteiger partial charge in [0.2, 0.25) is 0 Å². The molecule has 4 heteroatoms. The third-order valence-corrected chi connectivity index (χ3v) is 5.38. The van der Waals surface area contributed by atoms with Crippen molar-refractivity contribution < 1.29 is 4.79 Å². The Hall–Kier alpha value is -1.09. The molecule has 2 rings (SSSR count). The van der Waals surface area contributed by atoms with Crippen LogP contribution >= 0.6 is 11.6 Å². The molecule has 0 saturated heterocycles. The van der Waals surface area contributed by atoms with Gasteiger partial charge in [0.05, 0.1) is 5.56 Å². The number of aromatic nitrogens is 1. The van der Waals surface area contributed by atoms with Crippen molar-refractivity contribution in [2.75, 3.05) is 0 Å². The van der Waals surface area contributed by atoms with Crippen LogP contribution in [0.2, 0.25) is 5.15 Å². The Labute approximate surface area is 132 Å². The summed E-state index contributed by atoms with van der Waals surface area (Å²) in [6, 6.07) is 3.72. The molecule has 1 fully saturated rings. The summed E-state index contributed by atoms with van der Waals surface area (Å²) in [6.07, 6.45) is 7.28. The van der Waals surface area contributed by atoms with Gasteiger partial charge >= 0.3 is 0 Å². The van der Waals surface area contributed by atoms with Crippen molar-refractivity contribution >= 4 is 17.5 Å². The zero-order valence-electron chi connectivity index (χ0n) is 13.2. The normalized spacial score (nSPS) is 22.9. The van der Waals surface area contributed by atoms with Gasteiger partial charge in [-0.15, -0.1) is 0 Å². The van der Waals surface area contributed by atoms with Crippen LogP contribution < -0.4 is 5.32 Å². The van der Waals surface area contributed by atoms with Crippen molar-refractivity contribution in [1.29, 1.82) is 0 Å². The number of pyridine rings is 1. The fourth-order valence-electron chi connectivity index (χ4n) is 3.13. The number of rotatable bonds is 4. The Balaban J connectivity index is 1.89. The lowest BCUT2D eigenvalue weighted by Crippen LogP contribution is -2.40. The third-order valence-electron chi connectivity index (χ3n) is 5.08. The molecule has 1 aliphatic rings. The molecule has 3 nitrogen and oxygen atoms in total. The predicted octanol–water partition coefficient (Wildman–Crippen LogP) is 4.46. The second kappa shape index (κ2) is 6.78. The maximum atomic E-state index is 12.2. The number of nitrogens with zero attached hydrogens (tertiary/aromatic N) is 1. The molecule has 116 valence electrons. The largest absolute Gasteiger partial charge is 0.349 e. The highest BCUT2D eigenvalue weighted by molar-refractivity contribution is 6.32. The highest BCUT2D eigenvalue weighted by Gasteiger charge is 2.32. The minimum atomic E-state index is -0.105. The molecule has 1 heterocycles. The van der Waals surface area contributed by atoms with Crippen LogP contribution in [0.25, 0.3) is 0 Å². The van der Waals surface area contributed by atoms with E-state index in [0.29, 0.717) is 11.0 Å². The molecule has 0 radical (unpaired) electrons. The first kappa shape index (κ1) is 16.3. The smallest absolute Gasteiger partial charge is 0.254 e. The summed E-state index contributed by atoms with van der Waals surface area (Å²) < 4.78 is 0. The van der Waals surface area contributed by atoms with E-state index < -0.39 is 0 Å². The molecule has 0 unspecified atom stereocenters. The van der Waals surface area contributed by atoms with E-state index in [0.717, 1.165) is 18.8 Å². The van der Waals surface area contributed by atoms with Crippen LogP contribution in [0.3, 0.4) is 0 Å². The van der Waals surface area contributed by atoms with Gasteiger partial charge in [-0.25, -0.2) is 4.98 Å². The van der Waals surface area contributed by atoms with Crippen LogP contribution in [0.5, 0.6) is 0 Å². The summed E-state index contributed by atoms with van der Waals surface area (Å²) in [6.45, 7) is 6.97. The topological polar surface area (TPSA) is 42.0 Å². The molecular weight excluding hydrogens is 284 g/mol. The van der Waals surface area contributed by atoms with E-state index in [2.05, 4.69) is 31.1 Å². The third kappa shape index (κ3) is 3.97. The van der Waals surface area contributed by atoms with Gasteiger partial charge in [0.25, 0.3) is 5.91 Å². The van der Waals surface area contributed by atoms with Crippen LogP contribution in [-0.4, -0.2) is 16.9 Å². The maximum Gasteiger partial charge on any atom is 0.254 e. The van der Waals surface area contributed by atoms with Crippen molar-refractivity contribution in [1.82, 2.24) is 10.3 Å². The van der Waals surface area contributed by atoms with Crippen LogP contribution in [-0.2, 0) is 0 Å². The van der Waals surface area contributed by atoms with Crippen LogP contribution in [0.1, 0.15) is 63.2 Å².